The molecule has 3 aliphatic rings. The van der Waals surface area contributed by atoms with Gasteiger partial charge in [-0.05, 0) is 61.8 Å². The minimum Gasteiger partial charge on any atom is -0.327 e. The van der Waals surface area contributed by atoms with Crippen LogP contribution in [0.4, 0.5) is 0 Å². The third kappa shape index (κ3) is 1.94. The summed E-state index contributed by atoms with van der Waals surface area (Å²) in [7, 11) is 0. The molecule has 1 aromatic carbocycles. The van der Waals surface area contributed by atoms with Crippen molar-refractivity contribution in [3.8, 4) is 0 Å². The van der Waals surface area contributed by atoms with Gasteiger partial charge in [0.1, 0.15) is 0 Å². The van der Waals surface area contributed by atoms with Gasteiger partial charge in [-0.25, -0.2) is 0 Å². The third-order valence-electron chi connectivity index (χ3n) is 6.75. The fourth-order valence-corrected chi connectivity index (χ4v) is 5.42. The van der Waals surface area contributed by atoms with Gasteiger partial charge in [-0.3, -0.25) is 0 Å². The van der Waals surface area contributed by atoms with Crippen LogP contribution in [0, 0.1) is 17.8 Å². The lowest BCUT2D eigenvalue weighted by Gasteiger charge is -2.48. The summed E-state index contributed by atoms with van der Waals surface area (Å²) in [5, 5.41) is 0. The monoisotopic (exact) mass is 269 g/mol. The van der Waals surface area contributed by atoms with Crippen LogP contribution in [0.1, 0.15) is 56.9 Å². The predicted octanol–water partition coefficient (Wildman–Crippen LogP) is 4.26. The number of benzene rings is 1. The Labute approximate surface area is 122 Å². The molecule has 3 aliphatic carbocycles. The lowest BCUT2D eigenvalue weighted by atomic mass is 9.58. The zero-order valence-electron chi connectivity index (χ0n) is 12.4. The molecule has 0 heterocycles. The Morgan fingerprint density at radius 1 is 1.10 bits per heavy atom. The van der Waals surface area contributed by atoms with Gasteiger partial charge in [-0.15, -0.1) is 0 Å². The van der Waals surface area contributed by atoms with Crippen molar-refractivity contribution in [1.29, 1.82) is 0 Å². The van der Waals surface area contributed by atoms with E-state index in [4.69, 9.17) is 5.73 Å². The Morgan fingerprint density at radius 3 is 2.45 bits per heavy atom. The van der Waals surface area contributed by atoms with Crippen molar-refractivity contribution in [3.05, 3.63) is 35.9 Å². The molecule has 0 aromatic heterocycles. The van der Waals surface area contributed by atoms with Gasteiger partial charge in [-0.2, -0.15) is 0 Å². The van der Waals surface area contributed by atoms with E-state index in [0.29, 0.717) is 11.5 Å². The first-order valence-electron chi connectivity index (χ1n) is 8.59. The van der Waals surface area contributed by atoms with Crippen molar-refractivity contribution in [2.45, 2.75) is 62.8 Å². The molecule has 2 N–H and O–H groups in total. The summed E-state index contributed by atoms with van der Waals surface area (Å²) in [6, 6.07) is 11.5. The number of nitrogens with two attached hydrogens (primary N) is 1. The van der Waals surface area contributed by atoms with Gasteiger partial charge >= 0.3 is 0 Å². The lowest BCUT2D eigenvalue weighted by Crippen LogP contribution is -2.51. The van der Waals surface area contributed by atoms with Crippen molar-refractivity contribution >= 4 is 0 Å². The highest BCUT2D eigenvalue weighted by Crippen LogP contribution is 2.53. The minimum atomic E-state index is 0.309. The summed E-state index contributed by atoms with van der Waals surface area (Å²) in [5.41, 5.74) is 8.57. The summed E-state index contributed by atoms with van der Waals surface area (Å²) in [6.45, 7) is 0. The van der Waals surface area contributed by atoms with Gasteiger partial charge in [0.05, 0.1) is 0 Å². The number of rotatable bonds is 4. The van der Waals surface area contributed by atoms with E-state index < -0.39 is 0 Å². The van der Waals surface area contributed by atoms with Crippen LogP contribution in [0.2, 0.25) is 0 Å². The summed E-state index contributed by atoms with van der Waals surface area (Å²) >= 11 is 0. The molecule has 1 heteroatoms. The van der Waals surface area contributed by atoms with Crippen LogP contribution < -0.4 is 5.73 Å². The maximum Gasteiger partial charge on any atom is 0.0139 e. The summed E-state index contributed by atoms with van der Waals surface area (Å²) < 4.78 is 0. The molecule has 3 fully saturated rings. The average Bonchev–Trinajstić information content (AvgIpc) is 3.01. The molecular formula is C19H27N. The van der Waals surface area contributed by atoms with Crippen LogP contribution in [0.25, 0.3) is 0 Å². The van der Waals surface area contributed by atoms with E-state index >= 15 is 0 Å². The van der Waals surface area contributed by atoms with Crippen LogP contribution in [0.3, 0.4) is 0 Å². The van der Waals surface area contributed by atoms with Crippen molar-refractivity contribution in [2.75, 3.05) is 0 Å². The second-order valence-electron chi connectivity index (χ2n) is 7.65. The molecule has 0 radical (unpaired) electrons. The van der Waals surface area contributed by atoms with Crippen molar-refractivity contribution in [2.24, 2.45) is 23.5 Å². The van der Waals surface area contributed by atoms with Gasteiger partial charge < -0.3 is 5.73 Å². The Morgan fingerprint density at radius 2 is 1.90 bits per heavy atom. The molecule has 0 amide bonds. The molecule has 0 spiro atoms. The highest BCUT2D eigenvalue weighted by atomic mass is 14.7. The predicted molar refractivity (Wildman–Crippen MR) is 83.5 cm³/mol. The number of hydrogen-bond donors (Lipinski definition) is 1. The first-order valence-corrected chi connectivity index (χ1v) is 8.59. The molecule has 0 saturated heterocycles. The number of fused-ring (bicyclic) bond motifs is 2. The molecule has 108 valence electrons. The molecule has 3 saturated carbocycles. The molecular weight excluding hydrogens is 242 g/mol. The second-order valence-corrected chi connectivity index (χ2v) is 7.65. The maximum absolute atomic E-state index is 6.76. The lowest BCUT2D eigenvalue weighted by molar-refractivity contribution is 0.159. The zero-order chi connectivity index (χ0) is 13.6. The summed E-state index contributed by atoms with van der Waals surface area (Å²) in [5.74, 6) is 3.00. The van der Waals surface area contributed by atoms with E-state index in [-0.39, 0.29) is 0 Å². The highest BCUT2D eigenvalue weighted by Gasteiger charge is 2.47. The third-order valence-corrected chi connectivity index (χ3v) is 6.75. The zero-order valence-corrected chi connectivity index (χ0v) is 12.4. The molecule has 2 bridgehead atoms. The Kier molecular flexibility index (Phi) is 3.14. The first kappa shape index (κ1) is 12.9. The molecule has 4 unspecified atom stereocenters. The van der Waals surface area contributed by atoms with Gasteiger partial charge in [0.25, 0.3) is 0 Å². The quantitative estimate of drug-likeness (QED) is 0.868. The molecule has 4 atom stereocenters. The average molecular weight is 269 g/mol. The SMILES string of the molecule is NC(CC1CC2CCC1C2)C1(c2ccccc2)CCC1. The van der Waals surface area contributed by atoms with Crippen molar-refractivity contribution in [1.82, 2.24) is 0 Å². The van der Waals surface area contributed by atoms with E-state index in [9.17, 15) is 0 Å². The Bertz CT molecular complexity index is 462. The van der Waals surface area contributed by atoms with Crippen molar-refractivity contribution < 1.29 is 0 Å². The van der Waals surface area contributed by atoms with E-state index in [1.165, 1.54) is 56.9 Å². The molecule has 0 aliphatic heterocycles. The first-order chi connectivity index (χ1) is 9.78. The van der Waals surface area contributed by atoms with Crippen LogP contribution >= 0.6 is 0 Å². The van der Waals surface area contributed by atoms with E-state index in [0.717, 1.165) is 17.8 Å². The summed E-state index contributed by atoms with van der Waals surface area (Å²) in [6.07, 6.45) is 11.2. The molecule has 1 nitrogen and oxygen atoms in total. The summed E-state index contributed by atoms with van der Waals surface area (Å²) in [4.78, 5) is 0. The van der Waals surface area contributed by atoms with Gasteiger partial charge in [0.15, 0.2) is 0 Å². The van der Waals surface area contributed by atoms with Crippen LogP contribution in [0.5, 0.6) is 0 Å². The fourth-order valence-electron chi connectivity index (χ4n) is 5.42. The molecule has 20 heavy (non-hydrogen) atoms. The van der Waals surface area contributed by atoms with E-state index in [1.807, 2.05) is 0 Å². The standard InChI is InChI=1S/C19H27N/c20-18(13-16-12-14-7-8-15(16)11-14)19(9-4-10-19)17-5-2-1-3-6-17/h1-3,5-6,14-16,18H,4,7-13,20H2. The van der Waals surface area contributed by atoms with E-state index in [2.05, 4.69) is 30.3 Å². The van der Waals surface area contributed by atoms with Crippen molar-refractivity contribution in [3.63, 3.8) is 0 Å². The smallest absolute Gasteiger partial charge is 0.0139 e. The highest BCUT2D eigenvalue weighted by molar-refractivity contribution is 5.30. The maximum atomic E-state index is 6.76. The number of hydrogen-bond acceptors (Lipinski definition) is 1. The van der Waals surface area contributed by atoms with Crippen LogP contribution in [-0.2, 0) is 5.41 Å². The Hall–Kier alpha value is -0.820. The second kappa shape index (κ2) is 4.87. The Balaban J connectivity index is 1.50. The largest absolute Gasteiger partial charge is 0.327 e. The van der Waals surface area contributed by atoms with Gasteiger partial charge in [0, 0.05) is 11.5 Å². The van der Waals surface area contributed by atoms with E-state index in [1.54, 1.807) is 0 Å². The topological polar surface area (TPSA) is 26.0 Å². The minimum absolute atomic E-state index is 0.309. The van der Waals surface area contributed by atoms with Crippen LogP contribution in [-0.4, -0.2) is 6.04 Å². The fraction of sp³-hybridized carbons (Fsp3) is 0.684. The molecule has 1 aromatic rings. The van der Waals surface area contributed by atoms with Gasteiger partial charge in [-0.1, -0.05) is 43.2 Å². The molecule has 4 rings (SSSR count). The normalized spacial score (nSPS) is 35.8. The van der Waals surface area contributed by atoms with Crippen LogP contribution in [0.15, 0.2) is 30.3 Å². The van der Waals surface area contributed by atoms with Gasteiger partial charge in [0.2, 0.25) is 0 Å².